The summed E-state index contributed by atoms with van der Waals surface area (Å²) < 4.78 is 5.23. The number of likely N-dealkylation sites (tertiary alicyclic amines) is 1. The Balaban J connectivity index is 1.86. The number of carbonyl (C=O) groups excluding carboxylic acids is 2. The largest absolute Gasteiger partial charge is 0.467 e. The molecule has 1 unspecified atom stereocenters. The van der Waals surface area contributed by atoms with Gasteiger partial charge < -0.3 is 19.7 Å². The number of amides is 2. The highest BCUT2D eigenvalue weighted by molar-refractivity contribution is 5.89. The maximum Gasteiger partial charge on any atom is 0.225 e. The molecule has 2 amide bonds. The molecule has 1 atom stereocenters. The highest BCUT2D eigenvalue weighted by Gasteiger charge is 2.35. The summed E-state index contributed by atoms with van der Waals surface area (Å²) in [5, 5.41) is 13.0. The maximum absolute atomic E-state index is 12.2. The molecule has 1 saturated heterocycles. The van der Waals surface area contributed by atoms with Crippen LogP contribution < -0.4 is 5.32 Å². The van der Waals surface area contributed by atoms with Gasteiger partial charge >= 0.3 is 0 Å². The average Bonchev–Trinajstić information content (AvgIpc) is 3.15. The standard InChI is InChI=1S/C16H24N2O4/c1-3-16(21,4-2)11-17-15(20)12-8-14(19)18(9-12)10-13-6-5-7-22-13/h5-7,12,21H,3-4,8-11H2,1-2H3,(H,17,20). The van der Waals surface area contributed by atoms with Crippen LogP contribution in [0.25, 0.3) is 0 Å². The first-order valence-electron chi connectivity index (χ1n) is 7.77. The van der Waals surface area contributed by atoms with Gasteiger partial charge in [0, 0.05) is 19.5 Å². The third-order valence-corrected chi connectivity index (χ3v) is 4.42. The molecule has 22 heavy (non-hydrogen) atoms. The van der Waals surface area contributed by atoms with Gasteiger partial charge in [0.1, 0.15) is 5.76 Å². The van der Waals surface area contributed by atoms with Gasteiger partial charge in [0.2, 0.25) is 11.8 Å². The lowest BCUT2D eigenvalue weighted by molar-refractivity contribution is -0.129. The van der Waals surface area contributed by atoms with Crippen molar-refractivity contribution in [3.05, 3.63) is 24.2 Å². The number of nitrogens with zero attached hydrogens (tertiary/aromatic N) is 1. The predicted octanol–water partition coefficient (Wildman–Crippen LogP) is 1.30. The molecule has 0 radical (unpaired) electrons. The van der Waals surface area contributed by atoms with Crippen LogP contribution in [0.1, 0.15) is 38.9 Å². The summed E-state index contributed by atoms with van der Waals surface area (Å²) in [6, 6.07) is 3.58. The molecule has 122 valence electrons. The van der Waals surface area contributed by atoms with Crippen molar-refractivity contribution < 1.29 is 19.1 Å². The number of rotatable bonds is 7. The highest BCUT2D eigenvalue weighted by Crippen LogP contribution is 2.21. The molecular weight excluding hydrogens is 284 g/mol. The molecule has 0 bridgehead atoms. The first-order chi connectivity index (χ1) is 10.5. The Hall–Kier alpha value is -1.82. The van der Waals surface area contributed by atoms with Gasteiger partial charge in [0.05, 0.1) is 24.3 Å². The van der Waals surface area contributed by atoms with Crippen molar-refractivity contribution in [3.63, 3.8) is 0 Å². The lowest BCUT2D eigenvalue weighted by atomic mass is 9.97. The van der Waals surface area contributed by atoms with E-state index >= 15 is 0 Å². The van der Waals surface area contributed by atoms with E-state index in [4.69, 9.17) is 4.42 Å². The third kappa shape index (κ3) is 3.88. The van der Waals surface area contributed by atoms with E-state index in [1.54, 1.807) is 17.2 Å². The van der Waals surface area contributed by atoms with E-state index in [0.717, 1.165) is 0 Å². The fraction of sp³-hybridized carbons (Fsp3) is 0.625. The molecule has 1 fully saturated rings. The molecular formula is C16H24N2O4. The summed E-state index contributed by atoms with van der Waals surface area (Å²) in [6.45, 7) is 4.78. The van der Waals surface area contributed by atoms with E-state index < -0.39 is 5.60 Å². The summed E-state index contributed by atoms with van der Waals surface area (Å²) in [5.41, 5.74) is -0.869. The van der Waals surface area contributed by atoms with Crippen LogP contribution in [0.2, 0.25) is 0 Å². The fourth-order valence-corrected chi connectivity index (χ4v) is 2.59. The SMILES string of the molecule is CCC(O)(CC)CNC(=O)C1CC(=O)N(Cc2ccco2)C1. The zero-order valence-electron chi connectivity index (χ0n) is 13.2. The van der Waals surface area contributed by atoms with Crippen molar-refractivity contribution in [3.8, 4) is 0 Å². The second-order valence-corrected chi connectivity index (χ2v) is 5.90. The van der Waals surface area contributed by atoms with Gasteiger partial charge in [0.25, 0.3) is 0 Å². The molecule has 1 aromatic rings. The molecule has 1 aliphatic rings. The molecule has 0 aliphatic carbocycles. The van der Waals surface area contributed by atoms with Crippen LogP contribution in [0.5, 0.6) is 0 Å². The Morgan fingerprint density at radius 1 is 1.50 bits per heavy atom. The summed E-state index contributed by atoms with van der Waals surface area (Å²) >= 11 is 0. The number of nitrogens with one attached hydrogen (secondary N) is 1. The number of aliphatic hydroxyl groups is 1. The Bertz CT molecular complexity index is 508. The van der Waals surface area contributed by atoms with Crippen molar-refractivity contribution in [1.29, 1.82) is 0 Å². The zero-order chi connectivity index (χ0) is 16.2. The van der Waals surface area contributed by atoms with Crippen LogP contribution in [0.15, 0.2) is 22.8 Å². The molecule has 6 heteroatoms. The Morgan fingerprint density at radius 3 is 2.82 bits per heavy atom. The number of furan rings is 1. The Morgan fingerprint density at radius 2 is 2.23 bits per heavy atom. The van der Waals surface area contributed by atoms with Gasteiger partial charge in [-0.2, -0.15) is 0 Å². The topological polar surface area (TPSA) is 82.8 Å². The molecule has 2 rings (SSSR count). The number of hydrogen-bond donors (Lipinski definition) is 2. The van der Waals surface area contributed by atoms with Crippen molar-refractivity contribution in [1.82, 2.24) is 10.2 Å². The zero-order valence-corrected chi connectivity index (χ0v) is 13.2. The molecule has 2 N–H and O–H groups in total. The van der Waals surface area contributed by atoms with Crippen LogP contribution in [-0.2, 0) is 16.1 Å². The lowest BCUT2D eigenvalue weighted by Crippen LogP contribution is -2.44. The highest BCUT2D eigenvalue weighted by atomic mass is 16.3. The van der Waals surface area contributed by atoms with Crippen molar-refractivity contribution >= 4 is 11.8 Å². The average molecular weight is 308 g/mol. The molecule has 6 nitrogen and oxygen atoms in total. The van der Waals surface area contributed by atoms with E-state index in [1.165, 1.54) is 0 Å². The molecule has 0 spiro atoms. The smallest absolute Gasteiger partial charge is 0.225 e. The van der Waals surface area contributed by atoms with Crippen LogP contribution in [0.4, 0.5) is 0 Å². The monoisotopic (exact) mass is 308 g/mol. The van der Waals surface area contributed by atoms with E-state index in [-0.39, 0.29) is 30.7 Å². The molecule has 0 saturated carbocycles. The van der Waals surface area contributed by atoms with Gasteiger partial charge in [0.15, 0.2) is 0 Å². The molecule has 1 aliphatic heterocycles. The lowest BCUT2D eigenvalue weighted by Gasteiger charge is -2.26. The summed E-state index contributed by atoms with van der Waals surface area (Å²) in [7, 11) is 0. The van der Waals surface area contributed by atoms with Gasteiger partial charge in [-0.1, -0.05) is 13.8 Å². The van der Waals surface area contributed by atoms with E-state index in [1.807, 2.05) is 19.9 Å². The Labute approximate surface area is 130 Å². The molecule has 2 heterocycles. The van der Waals surface area contributed by atoms with Crippen molar-refractivity contribution in [2.45, 2.75) is 45.3 Å². The van der Waals surface area contributed by atoms with Crippen LogP contribution >= 0.6 is 0 Å². The first-order valence-corrected chi connectivity index (χ1v) is 7.77. The minimum absolute atomic E-state index is 0.0437. The van der Waals surface area contributed by atoms with Gasteiger partial charge in [-0.3, -0.25) is 9.59 Å². The van der Waals surface area contributed by atoms with Crippen LogP contribution in [0.3, 0.4) is 0 Å². The number of carbonyl (C=O) groups is 2. The second-order valence-electron chi connectivity index (χ2n) is 5.90. The minimum Gasteiger partial charge on any atom is -0.467 e. The first kappa shape index (κ1) is 16.5. The quantitative estimate of drug-likeness (QED) is 0.795. The Kier molecular flexibility index (Phi) is 5.24. The summed E-state index contributed by atoms with van der Waals surface area (Å²) in [5.74, 6) is 0.134. The normalized spacial score (nSPS) is 18.8. The minimum atomic E-state index is -0.869. The molecule has 1 aromatic heterocycles. The predicted molar refractivity (Wildman–Crippen MR) is 80.8 cm³/mol. The maximum atomic E-state index is 12.2. The van der Waals surface area contributed by atoms with Gasteiger partial charge in [-0.05, 0) is 25.0 Å². The second kappa shape index (κ2) is 6.96. The summed E-state index contributed by atoms with van der Waals surface area (Å²) in [6.07, 6.45) is 2.94. The van der Waals surface area contributed by atoms with Gasteiger partial charge in [-0.25, -0.2) is 0 Å². The summed E-state index contributed by atoms with van der Waals surface area (Å²) in [4.78, 5) is 25.8. The molecule has 0 aromatic carbocycles. The van der Waals surface area contributed by atoms with Crippen LogP contribution in [-0.4, -0.2) is 40.5 Å². The fourth-order valence-electron chi connectivity index (χ4n) is 2.59. The van der Waals surface area contributed by atoms with E-state index in [0.29, 0.717) is 31.7 Å². The van der Waals surface area contributed by atoms with Crippen molar-refractivity contribution in [2.24, 2.45) is 5.92 Å². The van der Waals surface area contributed by atoms with E-state index in [9.17, 15) is 14.7 Å². The van der Waals surface area contributed by atoms with Crippen molar-refractivity contribution in [2.75, 3.05) is 13.1 Å². The van der Waals surface area contributed by atoms with Gasteiger partial charge in [-0.15, -0.1) is 0 Å². The third-order valence-electron chi connectivity index (χ3n) is 4.42. The number of hydrogen-bond acceptors (Lipinski definition) is 4. The van der Waals surface area contributed by atoms with E-state index in [2.05, 4.69) is 5.32 Å². The van der Waals surface area contributed by atoms with Crippen LogP contribution in [0, 0.1) is 5.92 Å².